The van der Waals surface area contributed by atoms with Crippen LogP contribution in [0.15, 0.2) is 42.6 Å². The summed E-state index contributed by atoms with van der Waals surface area (Å²) in [5.74, 6) is 0.449. The number of fused-ring (bicyclic) bond motifs is 1. The van der Waals surface area contributed by atoms with Gasteiger partial charge in [-0.25, -0.2) is 4.98 Å². The average Bonchev–Trinajstić information content (AvgIpc) is 3.11. The van der Waals surface area contributed by atoms with Gasteiger partial charge in [0.05, 0.1) is 14.2 Å². The Morgan fingerprint density at radius 3 is 2.45 bits per heavy atom. The molecule has 8 heteroatoms. The highest BCUT2D eigenvalue weighted by molar-refractivity contribution is 6.08. The van der Waals surface area contributed by atoms with Crippen molar-refractivity contribution in [1.29, 1.82) is 0 Å². The van der Waals surface area contributed by atoms with Crippen molar-refractivity contribution in [3.8, 4) is 11.5 Å². The molecule has 152 valence electrons. The van der Waals surface area contributed by atoms with Gasteiger partial charge < -0.3 is 20.1 Å². The summed E-state index contributed by atoms with van der Waals surface area (Å²) in [6.45, 7) is 2.60. The van der Waals surface area contributed by atoms with Crippen molar-refractivity contribution in [2.45, 2.75) is 19.8 Å². The Balaban J connectivity index is 1.94. The van der Waals surface area contributed by atoms with E-state index in [1.807, 2.05) is 6.07 Å². The van der Waals surface area contributed by atoms with Gasteiger partial charge >= 0.3 is 0 Å². The van der Waals surface area contributed by atoms with Gasteiger partial charge in [-0.1, -0.05) is 19.4 Å². The number of hydrogen-bond acceptors (Lipinski definition) is 5. The summed E-state index contributed by atoms with van der Waals surface area (Å²) in [4.78, 5) is 30.1. The van der Waals surface area contributed by atoms with Crippen molar-refractivity contribution in [2.24, 2.45) is 0 Å². The van der Waals surface area contributed by atoms with Crippen LogP contribution in [-0.4, -0.2) is 42.0 Å². The van der Waals surface area contributed by atoms with Gasteiger partial charge in [0.1, 0.15) is 17.1 Å². The molecule has 29 heavy (non-hydrogen) atoms. The van der Waals surface area contributed by atoms with E-state index in [-0.39, 0.29) is 17.4 Å². The number of nitrogens with zero attached hydrogens (tertiary/aromatic N) is 2. The van der Waals surface area contributed by atoms with Crippen LogP contribution in [0, 0.1) is 0 Å². The summed E-state index contributed by atoms with van der Waals surface area (Å²) < 4.78 is 12.1. The summed E-state index contributed by atoms with van der Waals surface area (Å²) in [5.41, 5.74) is 1.17. The van der Waals surface area contributed by atoms with Crippen LogP contribution in [-0.2, 0) is 0 Å². The summed E-state index contributed by atoms with van der Waals surface area (Å²) >= 11 is 0. The number of benzene rings is 1. The maximum atomic E-state index is 12.9. The number of imidazole rings is 1. The predicted octanol–water partition coefficient (Wildman–Crippen LogP) is 3.13. The number of rotatable bonds is 8. The monoisotopic (exact) mass is 396 g/mol. The molecule has 0 saturated heterocycles. The predicted molar refractivity (Wildman–Crippen MR) is 110 cm³/mol. The molecule has 0 aliphatic heterocycles. The molecule has 0 bridgehead atoms. The number of nitrogens with one attached hydrogen (secondary N) is 2. The van der Waals surface area contributed by atoms with E-state index < -0.39 is 5.91 Å². The number of anilines is 1. The van der Waals surface area contributed by atoms with Gasteiger partial charge in [0, 0.05) is 24.4 Å². The van der Waals surface area contributed by atoms with Crippen LogP contribution in [0.4, 0.5) is 5.82 Å². The highest BCUT2D eigenvalue weighted by Crippen LogP contribution is 2.24. The van der Waals surface area contributed by atoms with E-state index in [1.54, 1.807) is 40.9 Å². The largest absolute Gasteiger partial charge is 0.497 e. The zero-order chi connectivity index (χ0) is 20.8. The molecule has 0 fully saturated rings. The fraction of sp³-hybridized carbons (Fsp3) is 0.286. The van der Waals surface area contributed by atoms with Crippen molar-refractivity contribution in [1.82, 2.24) is 14.7 Å². The Morgan fingerprint density at radius 1 is 1.07 bits per heavy atom. The number of hydrogen-bond donors (Lipinski definition) is 2. The molecule has 0 aliphatic rings. The van der Waals surface area contributed by atoms with Crippen LogP contribution in [0.2, 0.25) is 0 Å². The molecule has 0 saturated carbocycles. The van der Waals surface area contributed by atoms with Crippen LogP contribution in [0.25, 0.3) is 5.65 Å². The van der Waals surface area contributed by atoms with Gasteiger partial charge in [-0.15, -0.1) is 0 Å². The molecule has 0 atom stereocenters. The van der Waals surface area contributed by atoms with E-state index >= 15 is 0 Å². The highest BCUT2D eigenvalue weighted by Gasteiger charge is 2.21. The first-order valence-electron chi connectivity index (χ1n) is 9.37. The van der Waals surface area contributed by atoms with Crippen molar-refractivity contribution in [3.63, 3.8) is 0 Å². The minimum absolute atomic E-state index is 0.192. The second-order valence-electron chi connectivity index (χ2n) is 6.40. The number of aromatic nitrogens is 2. The molecule has 3 aromatic rings. The maximum absolute atomic E-state index is 12.9. The SMILES string of the molecule is CCCCNC(=O)c1c(NC(=O)c2cc(OC)cc(OC)c2)nc2ccccn12. The number of ether oxygens (including phenoxy) is 2. The van der Waals surface area contributed by atoms with Crippen LogP contribution in [0.1, 0.15) is 40.6 Å². The number of carbonyl (C=O) groups is 2. The molecule has 2 heterocycles. The minimum atomic E-state index is -0.423. The van der Waals surface area contributed by atoms with Crippen molar-refractivity contribution >= 4 is 23.3 Å². The van der Waals surface area contributed by atoms with Gasteiger partial charge in [-0.2, -0.15) is 0 Å². The smallest absolute Gasteiger partial charge is 0.272 e. The van der Waals surface area contributed by atoms with E-state index in [4.69, 9.17) is 9.47 Å². The standard InChI is InChI=1S/C21H24N4O4/c1-4-5-9-22-21(27)18-19(23-17-8-6-7-10-25(17)18)24-20(26)14-11-15(28-2)13-16(12-14)29-3/h6-8,10-13H,4-5,9H2,1-3H3,(H,22,27)(H,24,26). The Hall–Kier alpha value is -3.55. The second-order valence-corrected chi connectivity index (χ2v) is 6.40. The molecule has 0 radical (unpaired) electrons. The zero-order valence-electron chi connectivity index (χ0n) is 16.7. The van der Waals surface area contributed by atoms with Crippen molar-refractivity contribution < 1.29 is 19.1 Å². The maximum Gasteiger partial charge on any atom is 0.272 e. The molecular formula is C21H24N4O4. The van der Waals surface area contributed by atoms with Gasteiger partial charge in [0.15, 0.2) is 11.5 Å². The molecular weight excluding hydrogens is 372 g/mol. The Bertz CT molecular complexity index is 1010. The number of carbonyl (C=O) groups excluding carboxylic acids is 2. The third-order valence-corrected chi connectivity index (χ3v) is 4.41. The molecule has 2 N–H and O–H groups in total. The number of unbranched alkanes of at least 4 members (excludes halogenated alkanes) is 1. The molecule has 3 rings (SSSR count). The first-order chi connectivity index (χ1) is 14.1. The summed E-state index contributed by atoms with van der Waals surface area (Å²) in [6, 6.07) is 10.3. The summed E-state index contributed by atoms with van der Waals surface area (Å²) in [7, 11) is 3.02. The summed E-state index contributed by atoms with van der Waals surface area (Å²) in [6.07, 6.45) is 3.57. The number of amides is 2. The Morgan fingerprint density at radius 2 is 1.79 bits per heavy atom. The van der Waals surface area contributed by atoms with E-state index in [9.17, 15) is 9.59 Å². The second kappa shape index (κ2) is 9.09. The lowest BCUT2D eigenvalue weighted by Gasteiger charge is -2.10. The van der Waals surface area contributed by atoms with Crippen LogP contribution < -0.4 is 20.1 Å². The highest BCUT2D eigenvalue weighted by atomic mass is 16.5. The molecule has 8 nitrogen and oxygen atoms in total. The molecule has 2 amide bonds. The first kappa shape index (κ1) is 20.2. The van der Waals surface area contributed by atoms with Crippen LogP contribution in [0.5, 0.6) is 11.5 Å². The molecule has 1 aromatic carbocycles. The fourth-order valence-electron chi connectivity index (χ4n) is 2.88. The first-order valence-corrected chi connectivity index (χ1v) is 9.37. The van der Waals surface area contributed by atoms with Crippen molar-refractivity contribution in [2.75, 3.05) is 26.1 Å². The van der Waals surface area contributed by atoms with Crippen LogP contribution in [0.3, 0.4) is 0 Å². The van der Waals surface area contributed by atoms with Gasteiger partial charge in [0.2, 0.25) is 0 Å². The van der Waals surface area contributed by atoms with E-state index in [1.165, 1.54) is 14.2 Å². The van der Waals surface area contributed by atoms with Crippen molar-refractivity contribution in [3.05, 3.63) is 53.9 Å². The summed E-state index contributed by atoms with van der Waals surface area (Å²) in [5, 5.41) is 5.62. The number of methoxy groups -OCH3 is 2. The van der Waals surface area contributed by atoms with Gasteiger partial charge in [-0.05, 0) is 30.7 Å². The lowest BCUT2D eigenvalue weighted by atomic mass is 10.2. The lowest BCUT2D eigenvalue weighted by molar-refractivity contribution is 0.0948. The Kier molecular flexibility index (Phi) is 6.33. The quantitative estimate of drug-likeness (QED) is 0.571. The fourth-order valence-corrected chi connectivity index (χ4v) is 2.88. The minimum Gasteiger partial charge on any atom is -0.497 e. The third kappa shape index (κ3) is 4.48. The van der Waals surface area contributed by atoms with E-state index in [0.717, 1.165) is 12.8 Å². The Labute approximate surface area is 168 Å². The molecule has 2 aromatic heterocycles. The normalized spacial score (nSPS) is 10.6. The van der Waals surface area contributed by atoms with E-state index in [2.05, 4.69) is 22.5 Å². The molecule has 0 unspecified atom stereocenters. The average molecular weight is 396 g/mol. The lowest BCUT2D eigenvalue weighted by Crippen LogP contribution is -2.27. The molecule has 0 spiro atoms. The zero-order valence-corrected chi connectivity index (χ0v) is 16.7. The molecule has 0 aliphatic carbocycles. The van der Waals surface area contributed by atoms with Gasteiger partial charge in [-0.3, -0.25) is 14.0 Å². The number of pyridine rings is 1. The van der Waals surface area contributed by atoms with E-state index in [0.29, 0.717) is 29.3 Å². The third-order valence-electron chi connectivity index (χ3n) is 4.41. The van der Waals surface area contributed by atoms with Gasteiger partial charge in [0.25, 0.3) is 11.8 Å². The topological polar surface area (TPSA) is 94.0 Å². The van der Waals surface area contributed by atoms with Crippen LogP contribution >= 0.6 is 0 Å².